The van der Waals surface area contributed by atoms with Crippen molar-refractivity contribution in [1.29, 1.82) is 0 Å². The summed E-state index contributed by atoms with van der Waals surface area (Å²) in [6.07, 6.45) is 6.38. The molecule has 0 bridgehead atoms. The molecule has 0 amide bonds. The van der Waals surface area contributed by atoms with Crippen molar-refractivity contribution in [3.63, 3.8) is 0 Å². The molecule has 0 aromatic carbocycles. The summed E-state index contributed by atoms with van der Waals surface area (Å²) >= 11 is 0. The second-order valence-corrected chi connectivity index (χ2v) is 7.79. The van der Waals surface area contributed by atoms with E-state index in [0.29, 0.717) is 11.6 Å². The minimum absolute atomic E-state index is 0.0607. The van der Waals surface area contributed by atoms with Crippen molar-refractivity contribution in [2.24, 2.45) is 11.8 Å². The van der Waals surface area contributed by atoms with Gasteiger partial charge in [-0.2, -0.15) is 0 Å². The summed E-state index contributed by atoms with van der Waals surface area (Å²) in [7, 11) is 6.48. The van der Waals surface area contributed by atoms with Gasteiger partial charge < -0.3 is 4.74 Å². The van der Waals surface area contributed by atoms with Crippen LogP contribution in [0.25, 0.3) is 0 Å². The molecule has 19 heavy (non-hydrogen) atoms. The molecule has 0 N–H and O–H groups in total. The smallest absolute Gasteiger partial charge is 0.0742 e. The summed E-state index contributed by atoms with van der Waals surface area (Å²) in [5.74, 6) is 1.62. The van der Waals surface area contributed by atoms with Crippen molar-refractivity contribution in [1.82, 2.24) is 4.90 Å². The van der Waals surface area contributed by atoms with Gasteiger partial charge in [-0.15, -0.1) is 0 Å². The number of hydrogen-bond acceptors (Lipinski definition) is 2. The molecule has 2 aliphatic heterocycles. The highest BCUT2D eigenvalue weighted by molar-refractivity contribution is 6.14. The molecule has 1 aliphatic carbocycles. The fourth-order valence-corrected chi connectivity index (χ4v) is 5.02. The highest BCUT2D eigenvalue weighted by atomic mass is 16.5. The van der Waals surface area contributed by atoms with E-state index >= 15 is 0 Å². The summed E-state index contributed by atoms with van der Waals surface area (Å²) in [6.45, 7) is 10.1. The van der Waals surface area contributed by atoms with E-state index in [4.69, 9.17) is 12.6 Å². The van der Waals surface area contributed by atoms with Crippen LogP contribution in [0.3, 0.4) is 0 Å². The Morgan fingerprint density at radius 3 is 2.58 bits per heavy atom. The number of hydrogen-bond donors (Lipinski definition) is 0. The molecule has 2 radical (unpaired) electrons. The molecule has 2 nitrogen and oxygen atoms in total. The Bertz CT molecular complexity index is 338. The van der Waals surface area contributed by atoms with E-state index in [1.807, 2.05) is 0 Å². The zero-order chi connectivity index (χ0) is 13.7. The van der Waals surface area contributed by atoms with Crippen LogP contribution in [0.2, 0.25) is 5.31 Å². The molecule has 2 saturated heterocycles. The largest absolute Gasteiger partial charge is 0.377 e. The standard InChI is InChI=1S/C16H28BNO/c1-12(2)18-8-6-13-9-15(3,17)7-4-5-14(13)16(18)10-19-11-16/h12-14H,4-11H2,1-3H3. The van der Waals surface area contributed by atoms with Gasteiger partial charge in [0, 0.05) is 6.04 Å². The average Bonchev–Trinajstić information content (AvgIpc) is 2.41. The first-order valence-corrected chi connectivity index (χ1v) is 8.08. The summed E-state index contributed by atoms with van der Waals surface area (Å²) in [5, 5.41) is 0.0607. The Kier molecular flexibility index (Phi) is 3.50. The highest BCUT2D eigenvalue weighted by Gasteiger charge is 2.56. The zero-order valence-electron chi connectivity index (χ0n) is 12.8. The van der Waals surface area contributed by atoms with Crippen LogP contribution in [0.15, 0.2) is 0 Å². The van der Waals surface area contributed by atoms with E-state index in [2.05, 4.69) is 25.7 Å². The third-order valence-corrected chi connectivity index (χ3v) is 5.89. The lowest BCUT2D eigenvalue weighted by molar-refractivity contribution is -0.207. The summed E-state index contributed by atoms with van der Waals surface area (Å²) < 4.78 is 5.66. The average molecular weight is 261 g/mol. The number of fused-ring (bicyclic) bond motifs is 2. The molecule has 3 fully saturated rings. The lowest BCUT2D eigenvalue weighted by Crippen LogP contribution is -2.71. The molecule has 1 spiro atoms. The predicted molar refractivity (Wildman–Crippen MR) is 79.6 cm³/mol. The van der Waals surface area contributed by atoms with Gasteiger partial charge in [-0.05, 0) is 45.1 Å². The number of nitrogens with zero attached hydrogens (tertiary/aromatic N) is 1. The van der Waals surface area contributed by atoms with Crippen LogP contribution in [-0.4, -0.2) is 44.1 Å². The summed E-state index contributed by atoms with van der Waals surface area (Å²) in [6, 6.07) is 0.636. The Balaban J connectivity index is 1.85. The van der Waals surface area contributed by atoms with Crippen LogP contribution in [-0.2, 0) is 4.74 Å². The maximum Gasteiger partial charge on any atom is 0.0742 e. The number of likely N-dealkylation sites (tertiary alicyclic amines) is 1. The van der Waals surface area contributed by atoms with Gasteiger partial charge in [0.15, 0.2) is 0 Å². The molecular formula is C16H28BNO. The fraction of sp³-hybridized carbons (Fsp3) is 1.00. The number of ether oxygens (including phenoxy) is 1. The first-order chi connectivity index (χ1) is 8.95. The van der Waals surface area contributed by atoms with Gasteiger partial charge in [0.2, 0.25) is 0 Å². The summed E-state index contributed by atoms with van der Waals surface area (Å²) in [5.41, 5.74) is 0.345. The maximum absolute atomic E-state index is 6.48. The Morgan fingerprint density at radius 1 is 1.26 bits per heavy atom. The Morgan fingerprint density at radius 2 is 2.00 bits per heavy atom. The van der Waals surface area contributed by atoms with Crippen LogP contribution in [0.5, 0.6) is 0 Å². The van der Waals surface area contributed by atoms with Crippen LogP contribution < -0.4 is 0 Å². The normalized spacial score (nSPS) is 42.7. The van der Waals surface area contributed by atoms with Crippen LogP contribution in [0.4, 0.5) is 0 Å². The van der Waals surface area contributed by atoms with Crippen LogP contribution in [0.1, 0.15) is 52.9 Å². The third kappa shape index (κ3) is 2.27. The lowest BCUT2D eigenvalue weighted by atomic mass is 9.60. The van der Waals surface area contributed by atoms with Crippen molar-refractivity contribution in [2.75, 3.05) is 19.8 Å². The first-order valence-electron chi connectivity index (χ1n) is 8.08. The van der Waals surface area contributed by atoms with E-state index in [1.54, 1.807) is 0 Å². The van der Waals surface area contributed by atoms with E-state index in [1.165, 1.54) is 38.6 Å². The van der Waals surface area contributed by atoms with Crippen molar-refractivity contribution in [3.05, 3.63) is 0 Å². The molecule has 3 unspecified atom stereocenters. The molecule has 2 heterocycles. The van der Waals surface area contributed by atoms with E-state index in [0.717, 1.165) is 25.0 Å². The van der Waals surface area contributed by atoms with Crippen LogP contribution >= 0.6 is 0 Å². The molecule has 3 rings (SSSR count). The number of piperidine rings is 1. The molecule has 106 valence electrons. The molecule has 0 aromatic heterocycles. The molecule has 0 aromatic rings. The van der Waals surface area contributed by atoms with Gasteiger partial charge in [-0.25, -0.2) is 0 Å². The fourth-order valence-electron chi connectivity index (χ4n) is 5.02. The molecular weight excluding hydrogens is 233 g/mol. The van der Waals surface area contributed by atoms with Gasteiger partial charge in [0.05, 0.1) is 26.6 Å². The second-order valence-electron chi connectivity index (χ2n) is 7.79. The van der Waals surface area contributed by atoms with Gasteiger partial charge in [0.1, 0.15) is 0 Å². The van der Waals surface area contributed by atoms with Crippen molar-refractivity contribution in [3.8, 4) is 0 Å². The van der Waals surface area contributed by atoms with Crippen molar-refractivity contribution < 1.29 is 4.74 Å². The lowest BCUT2D eigenvalue weighted by Gasteiger charge is -2.61. The molecule has 3 heteroatoms. The van der Waals surface area contributed by atoms with Gasteiger partial charge in [-0.1, -0.05) is 31.5 Å². The Hall–Kier alpha value is -0.0151. The van der Waals surface area contributed by atoms with Gasteiger partial charge >= 0.3 is 0 Å². The first kappa shape index (κ1) is 13.9. The van der Waals surface area contributed by atoms with Gasteiger partial charge in [-0.3, -0.25) is 4.90 Å². The molecule has 3 aliphatic rings. The van der Waals surface area contributed by atoms with Crippen molar-refractivity contribution in [2.45, 2.75) is 69.8 Å². The van der Waals surface area contributed by atoms with Gasteiger partial charge in [0.25, 0.3) is 0 Å². The molecule has 3 atom stereocenters. The zero-order valence-corrected chi connectivity index (χ0v) is 12.8. The number of rotatable bonds is 1. The van der Waals surface area contributed by atoms with E-state index in [9.17, 15) is 0 Å². The van der Waals surface area contributed by atoms with E-state index < -0.39 is 0 Å². The minimum atomic E-state index is 0.0607. The Labute approximate surface area is 119 Å². The topological polar surface area (TPSA) is 12.5 Å². The minimum Gasteiger partial charge on any atom is -0.377 e. The quantitative estimate of drug-likeness (QED) is 0.673. The summed E-state index contributed by atoms with van der Waals surface area (Å²) in [4.78, 5) is 2.73. The third-order valence-electron chi connectivity index (χ3n) is 5.89. The monoisotopic (exact) mass is 261 g/mol. The predicted octanol–water partition coefficient (Wildman–Crippen LogP) is 3.02. The van der Waals surface area contributed by atoms with Crippen LogP contribution in [0, 0.1) is 11.8 Å². The highest BCUT2D eigenvalue weighted by Crippen LogP contribution is 2.53. The molecule has 1 saturated carbocycles. The van der Waals surface area contributed by atoms with Crippen molar-refractivity contribution >= 4 is 7.85 Å². The van der Waals surface area contributed by atoms with E-state index in [-0.39, 0.29) is 5.31 Å². The SMILES string of the molecule is [B]C1(C)CCCC2C(CCN(C(C)C)C23COC3)C1. The second kappa shape index (κ2) is 4.77. The maximum atomic E-state index is 6.48.